The average Bonchev–Trinajstić information content (AvgIpc) is 2.22. The van der Waals surface area contributed by atoms with Gasteiger partial charge in [0.1, 0.15) is 5.82 Å². The van der Waals surface area contributed by atoms with E-state index in [1.807, 2.05) is 19.2 Å². The lowest BCUT2D eigenvalue weighted by atomic mass is 9.84. The van der Waals surface area contributed by atoms with Crippen LogP contribution in [-0.4, -0.2) is 22.6 Å². The second kappa shape index (κ2) is 6.10. The van der Waals surface area contributed by atoms with Crippen molar-refractivity contribution >= 4 is 0 Å². The van der Waals surface area contributed by atoms with Gasteiger partial charge in [-0.2, -0.15) is 0 Å². The molecule has 1 aromatic rings. The lowest BCUT2D eigenvalue weighted by Crippen LogP contribution is -2.42. The van der Waals surface area contributed by atoms with Gasteiger partial charge in [0.25, 0.3) is 0 Å². The van der Waals surface area contributed by atoms with Gasteiger partial charge in [-0.05, 0) is 31.4 Å². The summed E-state index contributed by atoms with van der Waals surface area (Å²) < 4.78 is 0. The Balaban J connectivity index is 2.72. The summed E-state index contributed by atoms with van der Waals surface area (Å²) in [6, 6.07) is 2.47. The molecule has 3 nitrogen and oxygen atoms in total. The van der Waals surface area contributed by atoms with Gasteiger partial charge in [0.05, 0.1) is 0 Å². The maximum Gasteiger partial charge on any atom is 0.125 e. The van der Waals surface area contributed by atoms with Crippen molar-refractivity contribution in [1.82, 2.24) is 15.3 Å². The highest BCUT2D eigenvalue weighted by Gasteiger charge is 2.24. The van der Waals surface area contributed by atoms with Gasteiger partial charge in [-0.25, -0.2) is 9.97 Å². The molecule has 0 saturated carbocycles. The first-order valence-electron chi connectivity index (χ1n) is 6.45. The van der Waals surface area contributed by atoms with E-state index < -0.39 is 0 Å². The molecule has 0 aliphatic rings. The van der Waals surface area contributed by atoms with Gasteiger partial charge in [-0.1, -0.05) is 27.7 Å². The van der Waals surface area contributed by atoms with E-state index in [4.69, 9.17) is 0 Å². The molecule has 17 heavy (non-hydrogen) atoms. The van der Waals surface area contributed by atoms with Crippen molar-refractivity contribution in [3.63, 3.8) is 0 Å². The summed E-state index contributed by atoms with van der Waals surface area (Å²) in [6.45, 7) is 12.0. The molecule has 3 heteroatoms. The molecule has 0 saturated heterocycles. The number of hydrogen-bond donors (Lipinski definition) is 1. The van der Waals surface area contributed by atoms with Gasteiger partial charge in [0.2, 0.25) is 0 Å². The molecule has 1 aromatic heterocycles. The van der Waals surface area contributed by atoms with E-state index in [1.165, 1.54) is 0 Å². The quantitative estimate of drug-likeness (QED) is 0.852. The SMILES string of the molecule is CCCNC(Cc1ccnc(C)n1)C(C)(C)C. The second-order valence-electron chi connectivity index (χ2n) is 5.67. The van der Waals surface area contributed by atoms with Crippen LogP contribution in [0.4, 0.5) is 0 Å². The van der Waals surface area contributed by atoms with Gasteiger partial charge >= 0.3 is 0 Å². The van der Waals surface area contributed by atoms with Crippen molar-refractivity contribution in [2.45, 2.75) is 53.5 Å². The highest BCUT2D eigenvalue weighted by Crippen LogP contribution is 2.22. The van der Waals surface area contributed by atoms with Gasteiger partial charge in [0, 0.05) is 24.4 Å². The first-order chi connectivity index (χ1) is 7.93. The summed E-state index contributed by atoms with van der Waals surface area (Å²) >= 11 is 0. The number of nitrogens with zero attached hydrogens (tertiary/aromatic N) is 2. The summed E-state index contributed by atoms with van der Waals surface area (Å²) in [5.74, 6) is 0.852. The van der Waals surface area contributed by atoms with Crippen LogP contribution in [0.25, 0.3) is 0 Å². The van der Waals surface area contributed by atoms with Crippen molar-refractivity contribution in [2.75, 3.05) is 6.54 Å². The Bertz CT molecular complexity index is 342. The Kier molecular flexibility index (Phi) is 5.06. The Hall–Kier alpha value is -0.960. The summed E-state index contributed by atoms with van der Waals surface area (Å²) in [4.78, 5) is 8.62. The zero-order valence-electron chi connectivity index (χ0n) is 11.7. The topological polar surface area (TPSA) is 37.8 Å². The van der Waals surface area contributed by atoms with Gasteiger partial charge in [0.15, 0.2) is 0 Å². The molecule has 1 N–H and O–H groups in total. The minimum absolute atomic E-state index is 0.244. The van der Waals surface area contributed by atoms with Crippen LogP contribution < -0.4 is 5.32 Å². The van der Waals surface area contributed by atoms with Crippen molar-refractivity contribution in [3.05, 3.63) is 23.8 Å². The summed E-state index contributed by atoms with van der Waals surface area (Å²) in [5, 5.41) is 3.62. The molecule has 1 heterocycles. The molecule has 0 radical (unpaired) electrons. The maximum absolute atomic E-state index is 4.48. The molecule has 1 rings (SSSR count). The van der Waals surface area contributed by atoms with Crippen LogP contribution in [0.1, 0.15) is 45.6 Å². The van der Waals surface area contributed by atoms with Crippen molar-refractivity contribution < 1.29 is 0 Å². The van der Waals surface area contributed by atoms with Crippen LogP contribution in [0, 0.1) is 12.3 Å². The highest BCUT2D eigenvalue weighted by atomic mass is 14.9. The van der Waals surface area contributed by atoms with E-state index in [9.17, 15) is 0 Å². The smallest absolute Gasteiger partial charge is 0.125 e. The first-order valence-corrected chi connectivity index (χ1v) is 6.45. The summed E-state index contributed by atoms with van der Waals surface area (Å²) in [5.41, 5.74) is 1.37. The standard InChI is InChI=1S/C14H25N3/c1-6-8-16-13(14(3,4)5)10-12-7-9-15-11(2)17-12/h7,9,13,16H,6,8,10H2,1-5H3. The van der Waals surface area contributed by atoms with Crippen LogP contribution in [0.15, 0.2) is 12.3 Å². The number of aryl methyl sites for hydroxylation is 1. The molecule has 0 bridgehead atoms. The van der Waals surface area contributed by atoms with Crippen LogP contribution in [-0.2, 0) is 6.42 Å². The van der Waals surface area contributed by atoms with Gasteiger partial charge < -0.3 is 5.32 Å². The van der Waals surface area contributed by atoms with E-state index >= 15 is 0 Å². The summed E-state index contributed by atoms with van der Waals surface area (Å²) in [7, 11) is 0. The van der Waals surface area contributed by atoms with E-state index in [1.54, 1.807) is 0 Å². The monoisotopic (exact) mass is 235 g/mol. The second-order valence-corrected chi connectivity index (χ2v) is 5.67. The largest absolute Gasteiger partial charge is 0.313 e. The van der Waals surface area contributed by atoms with E-state index in [-0.39, 0.29) is 5.41 Å². The predicted octanol–water partition coefficient (Wildman–Crippen LogP) is 2.74. The van der Waals surface area contributed by atoms with Crippen LogP contribution in [0.5, 0.6) is 0 Å². The molecule has 1 unspecified atom stereocenters. The fourth-order valence-corrected chi connectivity index (χ4v) is 1.83. The summed E-state index contributed by atoms with van der Waals surface area (Å²) in [6.07, 6.45) is 3.97. The third-order valence-electron chi connectivity index (χ3n) is 2.93. The maximum atomic E-state index is 4.48. The molecule has 0 spiro atoms. The molecular weight excluding hydrogens is 210 g/mol. The third-order valence-corrected chi connectivity index (χ3v) is 2.93. The minimum atomic E-state index is 0.244. The Labute approximate surface area is 105 Å². The fourth-order valence-electron chi connectivity index (χ4n) is 1.83. The predicted molar refractivity (Wildman–Crippen MR) is 72.0 cm³/mol. The molecule has 1 atom stereocenters. The van der Waals surface area contributed by atoms with Crippen molar-refractivity contribution in [3.8, 4) is 0 Å². The molecule has 0 aliphatic heterocycles. The molecule has 0 aliphatic carbocycles. The molecule has 0 amide bonds. The zero-order chi connectivity index (χ0) is 12.9. The number of hydrogen-bond acceptors (Lipinski definition) is 3. The van der Waals surface area contributed by atoms with Gasteiger partial charge in [-0.15, -0.1) is 0 Å². The van der Waals surface area contributed by atoms with E-state index in [2.05, 4.69) is 43.0 Å². The average molecular weight is 235 g/mol. The first kappa shape index (κ1) is 14.1. The number of nitrogens with one attached hydrogen (secondary N) is 1. The van der Waals surface area contributed by atoms with Crippen molar-refractivity contribution in [1.29, 1.82) is 0 Å². The van der Waals surface area contributed by atoms with Crippen molar-refractivity contribution in [2.24, 2.45) is 5.41 Å². The highest BCUT2D eigenvalue weighted by molar-refractivity contribution is 5.05. The number of rotatable bonds is 5. The number of aromatic nitrogens is 2. The Morgan fingerprint density at radius 1 is 1.35 bits per heavy atom. The van der Waals surface area contributed by atoms with Crippen LogP contribution in [0.2, 0.25) is 0 Å². The molecule has 96 valence electrons. The Morgan fingerprint density at radius 2 is 2.06 bits per heavy atom. The van der Waals surface area contributed by atoms with Crippen LogP contribution >= 0.6 is 0 Å². The van der Waals surface area contributed by atoms with E-state index in [0.29, 0.717) is 6.04 Å². The Morgan fingerprint density at radius 3 is 2.59 bits per heavy atom. The lowest BCUT2D eigenvalue weighted by Gasteiger charge is -2.31. The minimum Gasteiger partial charge on any atom is -0.313 e. The van der Waals surface area contributed by atoms with Gasteiger partial charge in [-0.3, -0.25) is 0 Å². The zero-order valence-corrected chi connectivity index (χ0v) is 11.7. The normalized spacial score (nSPS) is 13.7. The fraction of sp³-hybridized carbons (Fsp3) is 0.714. The molecule has 0 aromatic carbocycles. The van der Waals surface area contributed by atoms with Crippen LogP contribution in [0.3, 0.4) is 0 Å². The molecular formula is C14H25N3. The molecule has 0 fully saturated rings. The van der Waals surface area contributed by atoms with E-state index in [0.717, 1.165) is 30.9 Å². The third kappa shape index (κ3) is 4.82. The lowest BCUT2D eigenvalue weighted by molar-refractivity contribution is 0.265.